The van der Waals surface area contributed by atoms with E-state index in [1.54, 1.807) is 32.2 Å². The molecule has 3 aromatic rings. The molecule has 1 heterocycles. The van der Waals surface area contributed by atoms with Gasteiger partial charge in [-0.1, -0.05) is 12.1 Å². The van der Waals surface area contributed by atoms with Crippen LogP contribution in [0.3, 0.4) is 0 Å². The first kappa shape index (κ1) is 18.8. The van der Waals surface area contributed by atoms with Crippen molar-refractivity contribution in [1.29, 1.82) is 0 Å². The van der Waals surface area contributed by atoms with Crippen LogP contribution in [0.15, 0.2) is 59.7 Å². The Morgan fingerprint density at radius 3 is 2.61 bits per heavy atom. The van der Waals surface area contributed by atoms with Gasteiger partial charge in [0.05, 0.1) is 23.4 Å². The van der Waals surface area contributed by atoms with Gasteiger partial charge in [-0.05, 0) is 42.8 Å². The van der Waals surface area contributed by atoms with E-state index >= 15 is 0 Å². The molecule has 0 bridgehead atoms. The molecule has 9 nitrogen and oxygen atoms in total. The molecule has 142 valence electrons. The van der Waals surface area contributed by atoms with Crippen molar-refractivity contribution in [2.45, 2.75) is 6.92 Å². The zero-order valence-corrected chi connectivity index (χ0v) is 15.2. The van der Waals surface area contributed by atoms with E-state index in [1.807, 2.05) is 24.3 Å². The Morgan fingerprint density at radius 2 is 1.93 bits per heavy atom. The van der Waals surface area contributed by atoms with E-state index in [4.69, 9.17) is 4.74 Å². The number of carbonyl (C=O) groups excluding carboxylic acids is 1. The van der Waals surface area contributed by atoms with Crippen LogP contribution in [0.25, 0.3) is 11.3 Å². The molecule has 0 radical (unpaired) electrons. The molecule has 0 saturated heterocycles. The van der Waals surface area contributed by atoms with Crippen LogP contribution in [-0.4, -0.2) is 33.8 Å². The highest BCUT2D eigenvalue weighted by atomic mass is 16.6. The number of nitro groups is 1. The van der Waals surface area contributed by atoms with Crippen LogP contribution < -0.4 is 10.2 Å². The summed E-state index contributed by atoms with van der Waals surface area (Å²) in [6.07, 6.45) is 0. The summed E-state index contributed by atoms with van der Waals surface area (Å²) in [5.41, 5.74) is 5.15. The largest absolute Gasteiger partial charge is 0.496 e. The van der Waals surface area contributed by atoms with Crippen LogP contribution in [0.5, 0.6) is 5.75 Å². The first-order valence-electron chi connectivity index (χ1n) is 8.28. The second-order valence-electron chi connectivity index (χ2n) is 5.81. The van der Waals surface area contributed by atoms with Gasteiger partial charge in [-0.2, -0.15) is 10.2 Å². The zero-order valence-electron chi connectivity index (χ0n) is 15.2. The number of nitro benzene ring substituents is 1. The summed E-state index contributed by atoms with van der Waals surface area (Å²) < 4.78 is 5.30. The maximum absolute atomic E-state index is 12.3. The highest BCUT2D eigenvalue weighted by molar-refractivity contribution is 6.00. The van der Waals surface area contributed by atoms with Gasteiger partial charge in [0, 0.05) is 17.7 Å². The summed E-state index contributed by atoms with van der Waals surface area (Å²) in [7, 11) is 1.56. The van der Waals surface area contributed by atoms with E-state index in [0.717, 1.165) is 5.56 Å². The Hall–Kier alpha value is -4.01. The number of nitrogens with one attached hydrogen (secondary N) is 2. The maximum Gasteiger partial charge on any atom is 0.289 e. The number of para-hydroxylation sites is 1. The van der Waals surface area contributed by atoms with Gasteiger partial charge in [-0.25, -0.2) is 5.43 Å². The number of methoxy groups -OCH3 is 1. The fraction of sp³-hybridized carbons (Fsp3) is 0.105. The lowest BCUT2D eigenvalue weighted by atomic mass is 10.1. The van der Waals surface area contributed by atoms with Crippen molar-refractivity contribution in [2.24, 2.45) is 5.10 Å². The number of nitrogens with zero attached hydrogens (tertiary/aromatic N) is 3. The monoisotopic (exact) mass is 379 g/mol. The maximum atomic E-state index is 12.3. The van der Waals surface area contributed by atoms with Gasteiger partial charge < -0.3 is 4.74 Å². The van der Waals surface area contributed by atoms with Crippen molar-refractivity contribution >= 4 is 17.3 Å². The molecule has 0 spiro atoms. The molecule has 0 unspecified atom stereocenters. The Balaban J connectivity index is 1.72. The highest BCUT2D eigenvalue weighted by Gasteiger charge is 2.13. The van der Waals surface area contributed by atoms with E-state index in [2.05, 4.69) is 20.7 Å². The molecule has 0 fully saturated rings. The van der Waals surface area contributed by atoms with E-state index in [0.29, 0.717) is 22.7 Å². The van der Waals surface area contributed by atoms with Crippen LogP contribution in [0, 0.1) is 10.1 Å². The Bertz CT molecular complexity index is 1040. The molecule has 1 amide bonds. The van der Waals surface area contributed by atoms with E-state index in [1.165, 1.54) is 12.1 Å². The van der Waals surface area contributed by atoms with Crippen LogP contribution in [0.4, 0.5) is 5.69 Å². The minimum absolute atomic E-state index is 0.0121. The summed E-state index contributed by atoms with van der Waals surface area (Å²) in [5, 5.41) is 21.6. The number of benzene rings is 2. The number of ether oxygens (including phenoxy) is 1. The predicted octanol–water partition coefficient (Wildman–Crippen LogP) is 3.15. The zero-order chi connectivity index (χ0) is 20.1. The molecule has 2 aromatic carbocycles. The molecule has 3 rings (SSSR count). The van der Waals surface area contributed by atoms with Crippen molar-refractivity contribution in [3.05, 3.63) is 76.0 Å². The van der Waals surface area contributed by atoms with E-state index in [-0.39, 0.29) is 11.4 Å². The van der Waals surface area contributed by atoms with Crippen LogP contribution >= 0.6 is 0 Å². The quantitative estimate of drug-likeness (QED) is 0.387. The Kier molecular flexibility index (Phi) is 5.45. The van der Waals surface area contributed by atoms with Crippen LogP contribution in [0.2, 0.25) is 0 Å². The molecule has 0 aliphatic heterocycles. The smallest absolute Gasteiger partial charge is 0.289 e. The summed E-state index contributed by atoms with van der Waals surface area (Å²) in [5.74, 6) is 0.183. The minimum atomic E-state index is -0.477. The number of rotatable bonds is 6. The van der Waals surface area contributed by atoms with Crippen molar-refractivity contribution in [1.82, 2.24) is 15.6 Å². The summed E-state index contributed by atoms with van der Waals surface area (Å²) in [4.78, 5) is 22.5. The van der Waals surface area contributed by atoms with Gasteiger partial charge in [-0.15, -0.1) is 0 Å². The lowest BCUT2D eigenvalue weighted by molar-refractivity contribution is -0.384. The fourth-order valence-electron chi connectivity index (χ4n) is 2.52. The molecule has 28 heavy (non-hydrogen) atoms. The number of non-ortho nitro benzene ring substituents is 1. The second kappa shape index (κ2) is 8.12. The normalized spacial score (nSPS) is 11.1. The number of hydrogen-bond donors (Lipinski definition) is 2. The molecule has 1 aromatic heterocycles. The highest BCUT2D eigenvalue weighted by Crippen LogP contribution is 2.28. The lowest BCUT2D eigenvalue weighted by Crippen LogP contribution is -2.19. The average Bonchev–Trinajstić information content (AvgIpc) is 3.22. The molecule has 0 atom stereocenters. The molecular weight excluding hydrogens is 362 g/mol. The number of hydrazone groups is 1. The molecule has 2 N–H and O–H groups in total. The Morgan fingerprint density at radius 1 is 1.21 bits per heavy atom. The summed E-state index contributed by atoms with van der Waals surface area (Å²) in [6, 6.07) is 14.8. The van der Waals surface area contributed by atoms with Gasteiger partial charge in [0.15, 0.2) is 0 Å². The number of amides is 1. The van der Waals surface area contributed by atoms with Gasteiger partial charge in [0.2, 0.25) is 0 Å². The topological polar surface area (TPSA) is 123 Å². The average molecular weight is 379 g/mol. The fourth-order valence-corrected chi connectivity index (χ4v) is 2.52. The number of aromatic amines is 1. The second-order valence-corrected chi connectivity index (χ2v) is 5.81. The molecule has 0 aliphatic carbocycles. The molecular formula is C19H17N5O4. The standard InChI is InChI=1S/C19H17N5O4/c1-12(13-7-9-14(10-8-13)24(26)27)20-23-19(25)17-11-16(21-22-17)15-5-3-4-6-18(15)28-2/h3-11H,1-2H3,(H,21,22)(H,23,25). The number of hydrogen-bond acceptors (Lipinski definition) is 6. The molecule has 0 saturated carbocycles. The first-order chi connectivity index (χ1) is 13.5. The predicted molar refractivity (Wildman–Crippen MR) is 103 cm³/mol. The van der Waals surface area contributed by atoms with Crippen molar-refractivity contribution in [2.75, 3.05) is 7.11 Å². The van der Waals surface area contributed by atoms with Crippen molar-refractivity contribution < 1.29 is 14.5 Å². The third-order valence-electron chi connectivity index (χ3n) is 4.03. The number of carbonyl (C=O) groups is 1. The van der Waals surface area contributed by atoms with Crippen LogP contribution in [-0.2, 0) is 0 Å². The molecule has 9 heteroatoms. The number of aromatic nitrogens is 2. The molecule has 0 aliphatic rings. The first-order valence-corrected chi connectivity index (χ1v) is 8.28. The van der Waals surface area contributed by atoms with Crippen molar-refractivity contribution in [3.63, 3.8) is 0 Å². The van der Waals surface area contributed by atoms with Gasteiger partial charge in [0.1, 0.15) is 11.4 Å². The van der Waals surface area contributed by atoms with Crippen molar-refractivity contribution in [3.8, 4) is 17.0 Å². The SMILES string of the molecule is COc1ccccc1-c1cc(C(=O)NN=C(C)c2ccc([N+](=O)[O-])cc2)[nH]n1. The third kappa shape index (κ3) is 4.04. The summed E-state index contributed by atoms with van der Waals surface area (Å²) in [6.45, 7) is 1.69. The Labute approximate surface area is 160 Å². The number of H-pyrrole nitrogens is 1. The van der Waals surface area contributed by atoms with Crippen LogP contribution in [0.1, 0.15) is 23.0 Å². The van der Waals surface area contributed by atoms with Gasteiger partial charge >= 0.3 is 0 Å². The van der Waals surface area contributed by atoms with E-state index in [9.17, 15) is 14.9 Å². The van der Waals surface area contributed by atoms with Gasteiger partial charge in [0.25, 0.3) is 11.6 Å². The summed E-state index contributed by atoms with van der Waals surface area (Å²) >= 11 is 0. The minimum Gasteiger partial charge on any atom is -0.496 e. The van der Waals surface area contributed by atoms with Gasteiger partial charge in [-0.3, -0.25) is 20.0 Å². The van der Waals surface area contributed by atoms with E-state index < -0.39 is 10.8 Å². The third-order valence-corrected chi connectivity index (χ3v) is 4.03. The lowest BCUT2D eigenvalue weighted by Gasteiger charge is -2.04.